The Morgan fingerprint density at radius 3 is 2.59 bits per heavy atom. The minimum absolute atomic E-state index is 0.0541. The Morgan fingerprint density at radius 1 is 1.14 bits per heavy atom. The number of rotatable bonds is 9. The van der Waals surface area contributed by atoms with Gasteiger partial charge in [-0.25, -0.2) is 0 Å². The number of alkyl halides is 1. The molecule has 2 aromatic carbocycles. The van der Waals surface area contributed by atoms with Crippen LogP contribution >= 0.6 is 11.6 Å². The Hall–Kier alpha value is -3.28. The summed E-state index contributed by atoms with van der Waals surface area (Å²) in [4.78, 5) is 12.2. The molecule has 0 bridgehead atoms. The minimum atomic E-state index is -0.0541. The van der Waals surface area contributed by atoms with Gasteiger partial charge in [0.1, 0.15) is 18.5 Å². The SMILES string of the molecule is C#CCOc1ccc(CCNC(=O)Cc2ccc(OC#CCCl)cc2)cc1OC. The highest BCUT2D eigenvalue weighted by Crippen LogP contribution is 2.28. The highest BCUT2D eigenvalue weighted by atomic mass is 35.5. The van der Waals surface area contributed by atoms with Gasteiger partial charge in [0.25, 0.3) is 0 Å². The first-order valence-corrected chi connectivity index (χ1v) is 9.49. The molecule has 0 radical (unpaired) electrons. The first-order valence-electron chi connectivity index (χ1n) is 8.95. The van der Waals surface area contributed by atoms with Crippen molar-refractivity contribution in [3.8, 4) is 41.6 Å². The second-order valence-corrected chi connectivity index (χ2v) is 6.18. The number of terminal acetylenes is 1. The number of benzene rings is 2. The summed E-state index contributed by atoms with van der Waals surface area (Å²) in [6, 6.07) is 12.8. The van der Waals surface area contributed by atoms with Crippen molar-refractivity contribution < 1.29 is 19.0 Å². The topological polar surface area (TPSA) is 56.8 Å². The molecule has 0 aliphatic carbocycles. The fourth-order valence-corrected chi connectivity index (χ4v) is 2.55. The van der Waals surface area contributed by atoms with Gasteiger partial charge >= 0.3 is 0 Å². The van der Waals surface area contributed by atoms with Gasteiger partial charge < -0.3 is 19.5 Å². The summed E-state index contributed by atoms with van der Waals surface area (Å²) < 4.78 is 15.9. The largest absolute Gasteiger partial charge is 0.493 e. The average Bonchev–Trinajstić information content (AvgIpc) is 2.74. The van der Waals surface area contributed by atoms with Crippen LogP contribution in [-0.2, 0) is 17.6 Å². The number of nitrogens with one attached hydrogen (secondary N) is 1. The fourth-order valence-electron chi connectivity index (χ4n) is 2.50. The Bertz CT molecular complexity index is 907. The van der Waals surface area contributed by atoms with Crippen molar-refractivity contribution in [1.29, 1.82) is 0 Å². The van der Waals surface area contributed by atoms with Crippen LogP contribution in [-0.4, -0.2) is 32.0 Å². The first-order chi connectivity index (χ1) is 14.2. The lowest BCUT2D eigenvalue weighted by Gasteiger charge is -2.11. The van der Waals surface area contributed by atoms with Gasteiger partial charge in [-0.3, -0.25) is 4.79 Å². The van der Waals surface area contributed by atoms with Crippen LogP contribution in [0.25, 0.3) is 0 Å². The molecule has 1 N–H and O–H groups in total. The van der Waals surface area contributed by atoms with Crippen LogP contribution in [0.4, 0.5) is 0 Å². The van der Waals surface area contributed by atoms with Crippen molar-refractivity contribution in [2.75, 3.05) is 26.1 Å². The van der Waals surface area contributed by atoms with Gasteiger partial charge in [0, 0.05) is 6.54 Å². The van der Waals surface area contributed by atoms with Crippen LogP contribution in [0.5, 0.6) is 17.2 Å². The molecule has 0 spiro atoms. The zero-order chi connectivity index (χ0) is 20.9. The molecule has 29 heavy (non-hydrogen) atoms. The maximum atomic E-state index is 12.2. The molecule has 6 heteroatoms. The summed E-state index contributed by atoms with van der Waals surface area (Å²) >= 11 is 5.45. The van der Waals surface area contributed by atoms with E-state index in [0.717, 1.165) is 11.1 Å². The number of halogens is 1. The second kappa shape index (κ2) is 12.2. The molecule has 0 saturated carbocycles. The molecular formula is C23H22ClNO4. The summed E-state index contributed by atoms with van der Waals surface area (Å²) in [5, 5.41) is 2.92. The monoisotopic (exact) mass is 411 g/mol. The van der Waals surface area contributed by atoms with Crippen LogP contribution in [0.1, 0.15) is 11.1 Å². The van der Waals surface area contributed by atoms with Gasteiger partial charge in [-0.05, 0) is 47.7 Å². The lowest BCUT2D eigenvalue weighted by molar-refractivity contribution is -0.120. The standard InChI is InChI=1S/C23H22ClNO4/c1-3-14-29-21-10-7-19(16-22(21)27-2)11-13-25-23(26)17-18-5-8-20(9-6-18)28-15-4-12-24/h1,5-10,16H,11-14,17H2,2H3,(H,25,26). The third kappa shape index (κ3) is 7.70. The number of amides is 1. The number of ether oxygens (including phenoxy) is 3. The normalized spacial score (nSPS) is 9.55. The van der Waals surface area contributed by atoms with E-state index >= 15 is 0 Å². The predicted octanol–water partition coefficient (Wildman–Crippen LogP) is 3.19. The third-order valence-corrected chi connectivity index (χ3v) is 4.00. The van der Waals surface area contributed by atoms with E-state index in [2.05, 4.69) is 23.3 Å². The first kappa shape index (κ1) is 22.0. The van der Waals surface area contributed by atoms with E-state index in [1.54, 1.807) is 19.2 Å². The minimum Gasteiger partial charge on any atom is -0.493 e. The molecule has 2 aromatic rings. The van der Waals surface area contributed by atoms with Crippen LogP contribution in [0.15, 0.2) is 42.5 Å². The lowest BCUT2D eigenvalue weighted by atomic mass is 10.1. The smallest absolute Gasteiger partial charge is 0.224 e. The Labute approximate surface area is 176 Å². The van der Waals surface area contributed by atoms with E-state index in [1.165, 1.54) is 0 Å². The zero-order valence-electron chi connectivity index (χ0n) is 16.2. The highest BCUT2D eigenvalue weighted by Gasteiger charge is 2.07. The number of carbonyl (C=O) groups excluding carboxylic acids is 1. The highest BCUT2D eigenvalue weighted by molar-refractivity contribution is 6.19. The Balaban J connectivity index is 1.80. The predicted molar refractivity (Wildman–Crippen MR) is 113 cm³/mol. The summed E-state index contributed by atoms with van der Waals surface area (Å²) in [6.07, 6.45) is 8.65. The quantitative estimate of drug-likeness (QED) is 0.508. The van der Waals surface area contributed by atoms with Crippen molar-refractivity contribution in [3.63, 3.8) is 0 Å². The Morgan fingerprint density at radius 2 is 1.90 bits per heavy atom. The fraction of sp³-hybridized carbons (Fsp3) is 0.261. The van der Waals surface area contributed by atoms with E-state index in [1.807, 2.05) is 30.3 Å². The maximum absolute atomic E-state index is 12.2. The molecule has 0 aromatic heterocycles. The third-order valence-electron chi connectivity index (χ3n) is 3.87. The van der Waals surface area contributed by atoms with Crippen molar-refractivity contribution >= 4 is 17.5 Å². The number of carbonyl (C=O) groups is 1. The molecule has 0 aliphatic heterocycles. The van der Waals surface area contributed by atoms with Gasteiger partial charge in [-0.2, -0.15) is 0 Å². The van der Waals surface area contributed by atoms with Gasteiger partial charge in [0.05, 0.1) is 19.4 Å². The van der Waals surface area contributed by atoms with E-state index in [-0.39, 0.29) is 24.8 Å². The molecule has 0 unspecified atom stereocenters. The van der Waals surface area contributed by atoms with E-state index in [0.29, 0.717) is 30.2 Å². The molecule has 1 amide bonds. The van der Waals surface area contributed by atoms with E-state index in [9.17, 15) is 4.79 Å². The molecule has 150 valence electrons. The Kier molecular flexibility index (Phi) is 9.29. The maximum Gasteiger partial charge on any atom is 0.224 e. The molecule has 0 aliphatic rings. The van der Waals surface area contributed by atoms with Crippen LogP contribution in [0.2, 0.25) is 0 Å². The van der Waals surface area contributed by atoms with Gasteiger partial charge in [0.2, 0.25) is 5.91 Å². The number of methoxy groups -OCH3 is 1. The summed E-state index contributed by atoms with van der Waals surface area (Å²) in [7, 11) is 1.57. The number of hydrogen-bond acceptors (Lipinski definition) is 4. The van der Waals surface area contributed by atoms with Gasteiger partial charge in [-0.1, -0.05) is 24.1 Å². The molecule has 0 saturated heterocycles. The van der Waals surface area contributed by atoms with Crippen LogP contribution < -0.4 is 19.5 Å². The molecule has 0 atom stereocenters. The van der Waals surface area contributed by atoms with Crippen molar-refractivity contribution in [1.82, 2.24) is 5.32 Å². The molecule has 2 rings (SSSR count). The summed E-state index contributed by atoms with van der Waals surface area (Å²) in [6.45, 7) is 0.696. The van der Waals surface area contributed by atoms with E-state index < -0.39 is 0 Å². The number of hydrogen-bond donors (Lipinski definition) is 1. The lowest BCUT2D eigenvalue weighted by Crippen LogP contribution is -2.27. The average molecular weight is 412 g/mol. The van der Waals surface area contributed by atoms with Crippen molar-refractivity contribution in [2.24, 2.45) is 0 Å². The zero-order valence-corrected chi connectivity index (χ0v) is 16.9. The molecule has 5 nitrogen and oxygen atoms in total. The molecular weight excluding hydrogens is 390 g/mol. The van der Waals surface area contributed by atoms with Gasteiger partial charge in [0.15, 0.2) is 11.5 Å². The van der Waals surface area contributed by atoms with Crippen LogP contribution in [0.3, 0.4) is 0 Å². The second-order valence-electron chi connectivity index (χ2n) is 5.91. The van der Waals surface area contributed by atoms with Crippen molar-refractivity contribution in [3.05, 3.63) is 53.6 Å². The van der Waals surface area contributed by atoms with Crippen molar-refractivity contribution in [2.45, 2.75) is 12.8 Å². The van der Waals surface area contributed by atoms with E-state index in [4.69, 9.17) is 32.2 Å². The van der Waals surface area contributed by atoms with Gasteiger partial charge in [-0.15, -0.1) is 18.0 Å². The molecule has 0 heterocycles. The summed E-state index contributed by atoms with van der Waals surface area (Å²) in [5.41, 5.74) is 1.91. The summed E-state index contributed by atoms with van der Waals surface area (Å²) in [5.74, 6) is 7.01. The molecule has 0 fully saturated rings. The van der Waals surface area contributed by atoms with Crippen LogP contribution in [0, 0.1) is 24.4 Å².